The molecule has 0 radical (unpaired) electrons. The van der Waals surface area contributed by atoms with Gasteiger partial charge in [0.25, 0.3) is 0 Å². The van der Waals surface area contributed by atoms with E-state index in [2.05, 4.69) is 38.3 Å². The summed E-state index contributed by atoms with van der Waals surface area (Å²) in [5.41, 5.74) is -0.275. The molecule has 1 aromatic heterocycles. The number of ether oxygens (including phenoxy) is 1. The first kappa shape index (κ1) is 12.1. The lowest BCUT2D eigenvalue weighted by molar-refractivity contribution is -0.0894. The third-order valence-corrected chi connectivity index (χ3v) is 4.30. The molecule has 0 atom stereocenters. The van der Waals surface area contributed by atoms with E-state index >= 15 is 0 Å². The van der Waals surface area contributed by atoms with Gasteiger partial charge in [-0.3, -0.25) is 4.90 Å². The number of thiophene rings is 1. The largest absolute Gasteiger partial charge is 0.378 e. The smallest absolute Gasteiger partial charge is 0.116 e. The van der Waals surface area contributed by atoms with Crippen LogP contribution in [-0.2, 0) is 11.3 Å². The molecule has 3 nitrogen and oxygen atoms in total. The molecule has 0 N–H and O–H groups in total. The van der Waals surface area contributed by atoms with Gasteiger partial charge < -0.3 is 4.74 Å². The Balaban J connectivity index is 1.89. The van der Waals surface area contributed by atoms with E-state index in [0.717, 1.165) is 17.6 Å². The summed E-state index contributed by atoms with van der Waals surface area (Å²) in [5.74, 6) is 0. The van der Waals surface area contributed by atoms with Crippen molar-refractivity contribution in [3.8, 4) is 6.07 Å². The highest BCUT2D eigenvalue weighted by atomic mass is 79.9. The maximum absolute atomic E-state index is 9.09. The summed E-state index contributed by atoms with van der Waals surface area (Å²) in [4.78, 5) is 3.49. The summed E-state index contributed by atoms with van der Waals surface area (Å²) in [7, 11) is 2.05. The summed E-state index contributed by atoms with van der Waals surface area (Å²) < 4.78 is 6.26. The van der Waals surface area contributed by atoms with Crippen molar-refractivity contribution in [1.82, 2.24) is 4.90 Å². The van der Waals surface area contributed by atoms with Crippen LogP contribution in [0.4, 0.5) is 0 Å². The Labute approximate surface area is 108 Å². The molecule has 0 spiro atoms. The summed E-state index contributed by atoms with van der Waals surface area (Å²) >= 11 is 5.18. The molecule has 86 valence electrons. The SMILES string of the molecule is CN(Cc1cc(Br)cs1)CC1(C#N)COC1. The predicted molar refractivity (Wildman–Crippen MR) is 67.2 cm³/mol. The van der Waals surface area contributed by atoms with Crippen molar-refractivity contribution in [1.29, 1.82) is 5.26 Å². The molecule has 16 heavy (non-hydrogen) atoms. The molecule has 0 aromatic carbocycles. The number of nitrogens with zero attached hydrogens (tertiary/aromatic N) is 2. The van der Waals surface area contributed by atoms with Crippen LogP contribution in [-0.4, -0.2) is 31.7 Å². The van der Waals surface area contributed by atoms with Crippen LogP contribution in [0.25, 0.3) is 0 Å². The third kappa shape index (κ3) is 2.64. The Kier molecular flexibility index (Phi) is 3.65. The lowest BCUT2D eigenvalue weighted by atomic mass is 9.87. The Morgan fingerprint density at radius 1 is 1.69 bits per heavy atom. The fraction of sp³-hybridized carbons (Fsp3) is 0.545. The number of halogens is 1. The van der Waals surface area contributed by atoms with Gasteiger partial charge in [-0.15, -0.1) is 11.3 Å². The fourth-order valence-electron chi connectivity index (χ4n) is 1.81. The van der Waals surface area contributed by atoms with Crippen molar-refractivity contribution >= 4 is 27.3 Å². The van der Waals surface area contributed by atoms with Gasteiger partial charge in [0.2, 0.25) is 0 Å². The van der Waals surface area contributed by atoms with Crippen molar-refractivity contribution < 1.29 is 4.74 Å². The number of hydrogen-bond acceptors (Lipinski definition) is 4. The van der Waals surface area contributed by atoms with Crippen molar-refractivity contribution in [2.75, 3.05) is 26.8 Å². The Hall–Kier alpha value is -0.410. The minimum Gasteiger partial charge on any atom is -0.378 e. The van der Waals surface area contributed by atoms with Crippen LogP contribution in [0.3, 0.4) is 0 Å². The van der Waals surface area contributed by atoms with E-state index in [1.54, 1.807) is 11.3 Å². The van der Waals surface area contributed by atoms with E-state index in [9.17, 15) is 0 Å². The van der Waals surface area contributed by atoms with Crippen LogP contribution in [0.2, 0.25) is 0 Å². The van der Waals surface area contributed by atoms with Gasteiger partial charge in [-0.25, -0.2) is 0 Å². The molecule has 1 fully saturated rings. The minimum absolute atomic E-state index is 0.275. The second-order valence-corrected chi connectivity index (χ2v) is 6.20. The second-order valence-electron chi connectivity index (χ2n) is 4.29. The first-order valence-electron chi connectivity index (χ1n) is 5.04. The molecule has 0 amide bonds. The molecule has 0 saturated carbocycles. The molecule has 0 unspecified atom stereocenters. The average Bonchev–Trinajstić information content (AvgIpc) is 2.57. The first-order chi connectivity index (χ1) is 7.63. The van der Waals surface area contributed by atoms with Gasteiger partial charge in [0.05, 0.1) is 19.3 Å². The maximum atomic E-state index is 9.09. The van der Waals surface area contributed by atoms with E-state index in [4.69, 9.17) is 10.00 Å². The normalized spacial score (nSPS) is 18.1. The van der Waals surface area contributed by atoms with Gasteiger partial charge in [-0.1, -0.05) is 0 Å². The molecule has 1 aliphatic rings. The van der Waals surface area contributed by atoms with E-state index in [1.807, 2.05) is 7.05 Å². The second kappa shape index (κ2) is 4.84. The van der Waals surface area contributed by atoms with Crippen LogP contribution < -0.4 is 0 Å². The van der Waals surface area contributed by atoms with Crippen LogP contribution in [0.15, 0.2) is 15.9 Å². The Morgan fingerprint density at radius 3 is 2.88 bits per heavy atom. The molecular weight excluding hydrogens is 288 g/mol. The summed E-state index contributed by atoms with van der Waals surface area (Å²) in [5, 5.41) is 11.2. The standard InChI is InChI=1S/C11H13BrN2OS/c1-14(3-10-2-9(12)4-16-10)6-11(5-13)7-15-8-11/h2,4H,3,6-8H2,1H3. The number of hydrogen-bond donors (Lipinski definition) is 0. The quantitative estimate of drug-likeness (QED) is 0.857. The summed E-state index contributed by atoms with van der Waals surface area (Å²) in [6.45, 7) is 2.81. The highest BCUT2D eigenvalue weighted by molar-refractivity contribution is 9.10. The van der Waals surface area contributed by atoms with Gasteiger partial charge in [0.1, 0.15) is 5.41 Å². The lowest BCUT2D eigenvalue weighted by Crippen LogP contribution is -2.48. The Bertz CT molecular complexity index is 408. The topological polar surface area (TPSA) is 36.3 Å². The molecule has 1 aliphatic heterocycles. The molecule has 0 aliphatic carbocycles. The average molecular weight is 301 g/mol. The van der Waals surface area contributed by atoms with Crippen molar-refractivity contribution in [3.63, 3.8) is 0 Å². The third-order valence-electron chi connectivity index (χ3n) is 2.61. The lowest BCUT2D eigenvalue weighted by Gasteiger charge is -2.37. The number of rotatable bonds is 4. The van der Waals surface area contributed by atoms with E-state index < -0.39 is 0 Å². The summed E-state index contributed by atoms with van der Waals surface area (Å²) in [6, 6.07) is 4.49. The molecule has 5 heteroatoms. The predicted octanol–water partition coefficient (Wildman–Crippen LogP) is 2.48. The fourth-order valence-corrected chi connectivity index (χ4v) is 3.35. The van der Waals surface area contributed by atoms with Crippen molar-refractivity contribution in [3.05, 3.63) is 20.8 Å². The zero-order chi connectivity index (χ0) is 11.6. The van der Waals surface area contributed by atoms with Gasteiger partial charge in [0.15, 0.2) is 0 Å². The number of nitriles is 1. The van der Waals surface area contributed by atoms with Crippen LogP contribution >= 0.6 is 27.3 Å². The van der Waals surface area contributed by atoms with E-state index in [1.165, 1.54) is 4.88 Å². The van der Waals surface area contributed by atoms with Crippen LogP contribution in [0, 0.1) is 16.7 Å². The maximum Gasteiger partial charge on any atom is 0.116 e. The summed E-state index contributed by atoms with van der Waals surface area (Å²) in [6.07, 6.45) is 0. The zero-order valence-corrected chi connectivity index (χ0v) is 11.5. The Morgan fingerprint density at radius 2 is 2.44 bits per heavy atom. The monoisotopic (exact) mass is 300 g/mol. The highest BCUT2D eigenvalue weighted by Gasteiger charge is 2.39. The molecule has 1 saturated heterocycles. The van der Waals surface area contributed by atoms with Crippen molar-refractivity contribution in [2.45, 2.75) is 6.54 Å². The van der Waals surface area contributed by atoms with Gasteiger partial charge in [0, 0.05) is 27.8 Å². The highest BCUT2D eigenvalue weighted by Crippen LogP contribution is 2.28. The first-order valence-corrected chi connectivity index (χ1v) is 6.71. The van der Waals surface area contributed by atoms with Crippen LogP contribution in [0.1, 0.15) is 4.88 Å². The molecule has 1 aromatic rings. The minimum atomic E-state index is -0.275. The van der Waals surface area contributed by atoms with Gasteiger partial charge >= 0.3 is 0 Å². The van der Waals surface area contributed by atoms with Gasteiger partial charge in [-0.05, 0) is 29.0 Å². The molecule has 2 rings (SSSR count). The molecule has 2 heterocycles. The molecule has 0 bridgehead atoms. The zero-order valence-electron chi connectivity index (χ0n) is 9.07. The van der Waals surface area contributed by atoms with E-state index in [0.29, 0.717) is 13.2 Å². The van der Waals surface area contributed by atoms with Crippen LogP contribution in [0.5, 0.6) is 0 Å². The molecular formula is C11H13BrN2OS. The van der Waals surface area contributed by atoms with E-state index in [-0.39, 0.29) is 5.41 Å². The van der Waals surface area contributed by atoms with Crippen molar-refractivity contribution in [2.24, 2.45) is 5.41 Å². The van der Waals surface area contributed by atoms with Gasteiger partial charge in [-0.2, -0.15) is 5.26 Å².